The van der Waals surface area contributed by atoms with Gasteiger partial charge in [-0.1, -0.05) is 0 Å². The van der Waals surface area contributed by atoms with Crippen LogP contribution in [0, 0.1) is 0 Å². The first kappa shape index (κ1) is 7.34. The maximum atomic E-state index is 10.3. The minimum Gasteiger partial charge on any atom is -0.465 e. The van der Waals surface area contributed by atoms with E-state index in [1.165, 1.54) is 4.90 Å². The molecule has 4 nitrogen and oxygen atoms in total. The van der Waals surface area contributed by atoms with Gasteiger partial charge < -0.3 is 14.9 Å². The van der Waals surface area contributed by atoms with Crippen molar-refractivity contribution in [3.63, 3.8) is 0 Å². The summed E-state index contributed by atoms with van der Waals surface area (Å²) in [6, 6.07) is 0.427. The summed E-state index contributed by atoms with van der Waals surface area (Å²) in [5.41, 5.74) is 0. The molecule has 0 radical (unpaired) electrons. The fourth-order valence-electron chi connectivity index (χ4n) is 0.938. The summed E-state index contributed by atoms with van der Waals surface area (Å²) in [6.07, 6.45) is -0.807. The van der Waals surface area contributed by atoms with Crippen molar-refractivity contribution in [1.82, 2.24) is 9.80 Å². The van der Waals surface area contributed by atoms with Crippen molar-refractivity contribution < 1.29 is 9.90 Å². The summed E-state index contributed by atoms with van der Waals surface area (Å²) in [6.45, 7) is 1.31. The summed E-state index contributed by atoms with van der Waals surface area (Å²) in [4.78, 5) is 13.7. The maximum absolute atomic E-state index is 10.3. The number of hydrogen-bond acceptors (Lipinski definition) is 2. The minimum atomic E-state index is -0.807. The fourth-order valence-corrected chi connectivity index (χ4v) is 0.938. The van der Waals surface area contributed by atoms with Gasteiger partial charge in [-0.2, -0.15) is 0 Å². The lowest BCUT2D eigenvalue weighted by atomic mass is 10.1. The molecule has 1 rings (SSSR count). The third kappa shape index (κ3) is 1.21. The molecule has 1 heterocycles. The Bertz CT molecular complexity index is 141. The van der Waals surface area contributed by atoms with Gasteiger partial charge in [-0.05, 0) is 14.1 Å². The molecule has 58 valence electrons. The van der Waals surface area contributed by atoms with Crippen LogP contribution in [-0.4, -0.2) is 54.2 Å². The predicted molar refractivity (Wildman–Crippen MR) is 37.1 cm³/mol. The van der Waals surface area contributed by atoms with E-state index in [4.69, 9.17) is 5.11 Å². The molecule has 1 saturated heterocycles. The van der Waals surface area contributed by atoms with Crippen molar-refractivity contribution in [3.8, 4) is 0 Å². The quantitative estimate of drug-likeness (QED) is 0.559. The Hall–Kier alpha value is -0.770. The summed E-state index contributed by atoms with van der Waals surface area (Å²) in [7, 11) is 3.92. The number of rotatable bonds is 1. The van der Waals surface area contributed by atoms with Crippen LogP contribution in [0.15, 0.2) is 0 Å². The molecule has 1 N–H and O–H groups in total. The molecule has 1 aliphatic rings. The second-order valence-electron chi connectivity index (χ2n) is 2.80. The van der Waals surface area contributed by atoms with Gasteiger partial charge in [0, 0.05) is 19.1 Å². The fraction of sp³-hybridized carbons (Fsp3) is 0.833. The molecule has 0 aliphatic carbocycles. The normalized spacial score (nSPS) is 19.3. The average Bonchev–Trinajstić information content (AvgIpc) is 1.56. The van der Waals surface area contributed by atoms with Gasteiger partial charge in [0.25, 0.3) is 0 Å². The van der Waals surface area contributed by atoms with Gasteiger partial charge in [0.1, 0.15) is 0 Å². The highest BCUT2D eigenvalue weighted by Crippen LogP contribution is 2.11. The van der Waals surface area contributed by atoms with Gasteiger partial charge in [-0.3, -0.25) is 0 Å². The minimum absolute atomic E-state index is 0.427. The molecule has 4 heteroatoms. The number of likely N-dealkylation sites (N-methyl/N-ethyl adjacent to an activating group) is 1. The van der Waals surface area contributed by atoms with Crippen LogP contribution in [0.3, 0.4) is 0 Å². The molecular formula is C6H12N2O2. The first-order valence-electron chi connectivity index (χ1n) is 3.25. The van der Waals surface area contributed by atoms with Crippen LogP contribution >= 0.6 is 0 Å². The Morgan fingerprint density at radius 3 is 2.40 bits per heavy atom. The molecule has 0 bridgehead atoms. The van der Waals surface area contributed by atoms with E-state index in [2.05, 4.69) is 0 Å². The summed E-state index contributed by atoms with van der Waals surface area (Å²) in [5.74, 6) is 0. The van der Waals surface area contributed by atoms with Gasteiger partial charge in [0.2, 0.25) is 0 Å². The second kappa shape index (κ2) is 2.46. The highest BCUT2D eigenvalue weighted by atomic mass is 16.4. The van der Waals surface area contributed by atoms with Crippen molar-refractivity contribution in [2.45, 2.75) is 6.04 Å². The molecule has 1 aliphatic heterocycles. The number of nitrogens with zero attached hydrogens (tertiary/aromatic N) is 2. The second-order valence-corrected chi connectivity index (χ2v) is 2.80. The van der Waals surface area contributed by atoms with Gasteiger partial charge >= 0.3 is 6.09 Å². The average molecular weight is 144 g/mol. The van der Waals surface area contributed by atoms with Crippen LogP contribution in [0.1, 0.15) is 0 Å². The molecular weight excluding hydrogens is 132 g/mol. The van der Waals surface area contributed by atoms with Crippen LogP contribution < -0.4 is 0 Å². The molecule has 10 heavy (non-hydrogen) atoms. The smallest absolute Gasteiger partial charge is 0.407 e. The highest BCUT2D eigenvalue weighted by molar-refractivity contribution is 5.66. The largest absolute Gasteiger partial charge is 0.465 e. The van der Waals surface area contributed by atoms with Crippen LogP contribution in [0.25, 0.3) is 0 Å². The number of hydrogen-bond donors (Lipinski definition) is 1. The van der Waals surface area contributed by atoms with Crippen LogP contribution in [0.4, 0.5) is 4.79 Å². The lowest BCUT2D eigenvalue weighted by molar-refractivity contribution is 0.0596. The Balaban J connectivity index is 2.24. The molecule has 1 fully saturated rings. The van der Waals surface area contributed by atoms with Gasteiger partial charge in [-0.15, -0.1) is 0 Å². The summed E-state index contributed by atoms with van der Waals surface area (Å²) < 4.78 is 0. The number of amides is 1. The lowest BCUT2D eigenvalue weighted by Gasteiger charge is -2.40. The zero-order chi connectivity index (χ0) is 7.72. The molecule has 0 saturated carbocycles. The van der Waals surface area contributed by atoms with Crippen molar-refractivity contribution in [1.29, 1.82) is 0 Å². The molecule has 0 unspecified atom stereocenters. The van der Waals surface area contributed by atoms with Crippen molar-refractivity contribution >= 4 is 6.09 Å². The Kier molecular flexibility index (Phi) is 1.80. The van der Waals surface area contributed by atoms with E-state index in [9.17, 15) is 4.79 Å². The van der Waals surface area contributed by atoms with Crippen molar-refractivity contribution in [2.75, 3.05) is 27.2 Å². The number of carboxylic acid groups (broad SMARTS) is 1. The monoisotopic (exact) mass is 144 g/mol. The molecule has 0 aromatic rings. The first-order valence-corrected chi connectivity index (χ1v) is 3.25. The van der Waals surface area contributed by atoms with Gasteiger partial charge in [0.15, 0.2) is 0 Å². The van der Waals surface area contributed by atoms with E-state index in [0.717, 1.165) is 0 Å². The van der Waals surface area contributed by atoms with Crippen molar-refractivity contribution in [2.24, 2.45) is 0 Å². The molecule has 1 amide bonds. The van der Waals surface area contributed by atoms with Crippen LogP contribution in [0.2, 0.25) is 0 Å². The van der Waals surface area contributed by atoms with Gasteiger partial charge in [-0.25, -0.2) is 4.79 Å². The molecule has 0 spiro atoms. The number of carbonyl (C=O) groups is 1. The Morgan fingerprint density at radius 2 is 2.10 bits per heavy atom. The zero-order valence-corrected chi connectivity index (χ0v) is 6.24. The van der Waals surface area contributed by atoms with Gasteiger partial charge in [0.05, 0.1) is 0 Å². The van der Waals surface area contributed by atoms with E-state index in [1.807, 2.05) is 19.0 Å². The number of likely N-dealkylation sites (tertiary alicyclic amines) is 1. The zero-order valence-electron chi connectivity index (χ0n) is 6.24. The third-order valence-corrected chi connectivity index (χ3v) is 1.86. The van der Waals surface area contributed by atoms with Crippen LogP contribution in [0.5, 0.6) is 0 Å². The third-order valence-electron chi connectivity index (χ3n) is 1.86. The maximum Gasteiger partial charge on any atom is 0.407 e. The van der Waals surface area contributed by atoms with Crippen LogP contribution in [-0.2, 0) is 0 Å². The summed E-state index contributed by atoms with van der Waals surface area (Å²) >= 11 is 0. The SMILES string of the molecule is CN(C)C1CN(C(=O)O)C1. The molecule has 0 atom stereocenters. The topological polar surface area (TPSA) is 43.8 Å². The van der Waals surface area contributed by atoms with E-state index in [1.54, 1.807) is 0 Å². The van der Waals surface area contributed by atoms with Crippen molar-refractivity contribution in [3.05, 3.63) is 0 Å². The summed E-state index contributed by atoms with van der Waals surface area (Å²) in [5, 5.41) is 8.44. The lowest BCUT2D eigenvalue weighted by Crippen LogP contribution is -2.58. The standard InChI is InChI=1S/C6H12N2O2/c1-7(2)5-3-8(4-5)6(9)10/h5H,3-4H2,1-2H3,(H,9,10). The predicted octanol–water partition coefficient (Wildman–Crippen LogP) is -0.0898. The highest BCUT2D eigenvalue weighted by Gasteiger charge is 2.31. The first-order chi connectivity index (χ1) is 4.61. The molecule has 0 aromatic carbocycles. The van der Waals surface area contributed by atoms with E-state index < -0.39 is 6.09 Å². The molecule has 0 aromatic heterocycles. The van der Waals surface area contributed by atoms with E-state index in [0.29, 0.717) is 19.1 Å². The van der Waals surface area contributed by atoms with E-state index in [-0.39, 0.29) is 0 Å². The Labute approximate surface area is 60.0 Å². The van der Waals surface area contributed by atoms with E-state index >= 15 is 0 Å². The Morgan fingerprint density at radius 1 is 1.60 bits per heavy atom.